The van der Waals surface area contributed by atoms with E-state index in [1.165, 1.54) is 30.4 Å². The third-order valence-corrected chi connectivity index (χ3v) is 3.56. The number of fused-ring (bicyclic) bond motifs is 1. The lowest BCUT2D eigenvalue weighted by Crippen LogP contribution is -2.28. The summed E-state index contributed by atoms with van der Waals surface area (Å²) in [5.41, 5.74) is 2.50. The van der Waals surface area contributed by atoms with Crippen molar-refractivity contribution in [3.8, 4) is 5.75 Å². The van der Waals surface area contributed by atoms with Crippen LogP contribution in [-0.2, 0) is 6.42 Å². The van der Waals surface area contributed by atoms with E-state index in [1.807, 2.05) is 6.07 Å². The van der Waals surface area contributed by atoms with E-state index in [0.29, 0.717) is 11.8 Å². The maximum absolute atomic E-state index is 9.87. The van der Waals surface area contributed by atoms with Crippen molar-refractivity contribution >= 4 is 0 Å². The maximum atomic E-state index is 9.87. The third kappa shape index (κ3) is 2.07. The molecule has 1 N–H and O–H groups in total. The summed E-state index contributed by atoms with van der Waals surface area (Å²) in [4.78, 5) is 2.41. The predicted octanol–water partition coefficient (Wildman–Crippen LogP) is 3.11. The molecule has 2 rings (SSSR count). The Kier molecular flexibility index (Phi) is 3.49. The topological polar surface area (TPSA) is 23.5 Å². The van der Waals surface area contributed by atoms with Gasteiger partial charge in [0.05, 0.1) is 0 Å². The average molecular weight is 219 g/mol. The molecule has 0 heterocycles. The maximum Gasteiger partial charge on any atom is 0.119 e. The van der Waals surface area contributed by atoms with E-state index in [1.54, 1.807) is 6.07 Å². The molecule has 0 saturated heterocycles. The predicted molar refractivity (Wildman–Crippen MR) is 66.7 cm³/mol. The third-order valence-electron chi connectivity index (χ3n) is 3.56. The van der Waals surface area contributed by atoms with Crippen LogP contribution in [0.3, 0.4) is 0 Å². The van der Waals surface area contributed by atoms with Gasteiger partial charge in [-0.05, 0) is 56.5 Å². The highest BCUT2D eigenvalue weighted by Gasteiger charge is 2.24. The first-order valence-corrected chi connectivity index (χ1v) is 6.25. The molecular formula is C14H21NO. The fraction of sp³-hybridized carbons (Fsp3) is 0.571. The highest BCUT2D eigenvalue weighted by Crippen LogP contribution is 2.37. The number of hydrogen-bond donors (Lipinski definition) is 1. The number of hydrogen-bond acceptors (Lipinski definition) is 2. The van der Waals surface area contributed by atoms with Crippen LogP contribution < -0.4 is 0 Å². The highest BCUT2D eigenvalue weighted by atomic mass is 16.3. The van der Waals surface area contributed by atoms with Crippen molar-refractivity contribution in [2.45, 2.75) is 38.6 Å². The van der Waals surface area contributed by atoms with Crippen LogP contribution in [0.15, 0.2) is 18.2 Å². The van der Waals surface area contributed by atoms with Gasteiger partial charge in [-0.15, -0.1) is 0 Å². The van der Waals surface area contributed by atoms with Crippen LogP contribution in [0.4, 0.5) is 0 Å². The van der Waals surface area contributed by atoms with Gasteiger partial charge >= 0.3 is 0 Å². The van der Waals surface area contributed by atoms with Gasteiger partial charge in [0.1, 0.15) is 5.75 Å². The van der Waals surface area contributed by atoms with Crippen molar-refractivity contribution in [3.05, 3.63) is 29.3 Å². The minimum Gasteiger partial charge on any atom is -0.508 e. The van der Waals surface area contributed by atoms with Crippen LogP contribution in [0.5, 0.6) is 5.75 Å². The molecule has 2 heteroatoms. The SMILES string of the molecule is CCCN(C)C1CCCc2c(O)cccc21. The Bertz CT molecular complexity index is 362. The quantitative estimate of drug-likeness (QED) is 0.844. The molecule has 0 fully saturated rings. The molecule has 1 atom stereocenters. The van der Waals surface area contributed by atoms with Crippen LogP contribution in [0, 0.1) is 0 Å². The largest absolute Gasteiger partial charge is 0.508 e. The zero-order valence-corrected chi connectivity index (χ0v) is 10.2. The van der Waals surface area contributed by atoms with Gasteiger partial charge in [0.25, 0.3) is 0 Å². The monoisotopic (exact) mass is 219 g/mol. The highest BCUT2D eigenvalue weighted by molar-refractivity contribution is 5.42. The molecule has 0 bridgehead atoms. The van der Waals surface area contributed by atoms with Gasteiger partial charge in [0.15, 0.2) is 0 Å². The Balaban J connectivity index is 2.29. The summed E-state index contributed by atoms with van der Waals surface area (Å²) >= 11 is 0. The first kappa shape index (κ1) is 11.5. The zero-order chi connectivity index (χ0) is 11.5. The molecule has 0 aromatic heterocycles. The van der Waals surface area contributed by atoms with E-state index in [9.17, 15) is 5.11 Å². The van der Waals surface area contributed by atoms with Crippen LogP contribution in [0.1, 0.15) is 43.4 Å². The molecule has 0 amide bonds. The van der Waals surface area contributed by atoms with Gasteiger partial charge in [0, 0.05) is 6.04 Å². The van der Waals surface area contributed by atoms with Crippen molar-refractivity contribution in [2.75, 3.05) is 13.6 Å². The van der Waals surface area contributed by atoms with Crippen molar-refractivity contribution < 1.29 is 5.11 Å². The molecule has 0 aliphatic heterocycles. The van der Waals surface area contributed by atoms with E-state index in [4.69, 9.17) is 0 Å². The molecule has 1 aliphatic carbocycles. The lowest BCUT2D eigenvalue weighted by Gasteiger charge is -2.33. The van der Waals surface area contributed by atoms with E-state index < -0.39 is 0 Å². The zero-order valence-electron chi connectivity index (χ0n) is 10.2. The lowest BCUT2D eigenvalue weighted by atomic mass is 9.86. The number of benzene rings is 1. The van der Waals surface area contributed by atoms with Crippen LogP contribution in [-0.4, -0.2) is 23.6 Å². The van der Waals surface area contributed by atoms with Crippen LogP contribution in [0.2, 0.25) is 0 Å². The molecule has 2 nitrogen and oxygen atoms in total. The fourth-order valence-electron chi connectivity index (χ4n) is 2.77. The summed E-state index contributed by atoms with van der Waals surface area (Å²) in [5.74, 6) is 0.479. The molecule has 1 aromatic rings. The van der Waals surface area contributed by atoms with Gasteiger partial charge in [0.2, 0.25) is 0 Å². The van der Waals surface area contributed by atoms with Crippen molar-refractivity contribution in [2.24, 2.45) is 0 Å². The minimum atomic E-state index is 0.479. The second kappa shape index (κ2) is 4.88. The summed E-state index contributed by atoms with van der Waals surface area (Å²) < 4.78 is 0. The number of aromatic hydroxyl groups is 1. The molecule has 0 spiro atoms. The first-order valence-electron chi connectivity index (χ1n) is 6.25. The van der Waals surface area contributed by atoms with Gasteiger partial charge in [-0.25, -0.2) is 0 Å². The Hall–Kier alpha value is -1.02. The Labute approximate surface area is 97.9 Å². The van der Waals surface area contributed by atoms with E-state index >= 15 is 0 Å². The molecule has 0 radical (unpaired) electrons. The summed E-state index contributed by atoms with van der Waals surface area (Å²) in [6, 6.07) is 6.44. The van der Waals surface area contributed by atoms with Gasteiger partial charge < -0.3 is 5.11 Å². The molecular weight excluding hydrogens is 198 g/mol. The fourth-order valence-corrected chi connectivity index (χ4v) is 2.77. The van der Waals surface area contributed by atoms with Gasteiger partial charge in [-0.1, -0.05) is 19.1 Å². The van der Waals surface area contributed by atoms with E-state index in [0.717, 1.165) is 13.0 Å². The summed E-state index contributed by atoms with van der Waals surface area (Å²) in [6.07, 6.45) is 4.61. The Morgan fingerprint density at radius 2 is 2.25 bits per heavy atom. The van der Waals surface area contributed by atoms with Crippen LogP contribution in [0.25, 0.3) is 0 Å². The normalized spacial score (nSPS) is 19.8. The van der Waals surface area contributed by atoms with Crippen molar-refractivity contribution in [1.29, 1.82) is 0 Å². The molecule has 16 heavy (non-hydrogen) atoms. The second-order valence-corrected chi connectivity index (χ2v) is 4.73. The van der Waals surface area contributed by atoms with Crippen molar-refractivity contribution in [1.82, 2.24) is 4.90 Å². The Morgan fingerprint density at radius 3 is 3.00 bits per heavy atom. The molecule has 0 saturated carbocycles. The van der Waals surface area contributed by atoms with Crippen molar-refractivity contribution in [3.63, 3.8) is 0 Å². The number of phenolic OH excluding ortho intramolecular Hbond substituents is 1. The summed E-state index contributed by atoms with van der Waals surface area (Å²) in [6.45, 7) is 3.34. The smallest absolute Gasteiger partial charge is 0.119 e. The van der Waals surface area contributed by atoms with Crippen LogP contribution >= 0.6 is 0 Å². The number of phenols is 1. The van der Waals surface area contributed by atoms with E-state index in [-0.39, 0.29) is 0 Å². The molecule has 1 aromatic carbocycles. The first-order chi connectivity index (χ1) is 7.74. The molecule has 88 valence electrons. The summed E-state index contributed by atoms with van der Waals surface area (Å²) in [7, 11) is 2.19. The van der Waals surface area contributed by atoms with E-state index in [2.05, 4.69) is 24.9 Å². The van der Waals surface area contributed by atoms with Gasteiger partial charge in [-0.3, -0.25) is 4.90 Å². The minimum absolute atomic E-state index is 0.479. The number of nitrogens with zero attached hydrogens (tertiary/aromatic N) is 1. The molecule has 1 aliphatic rings. The number of rotatable bonds is 3. The van der Waals surface area contributed by atoms with Gasteiger partial charge in [-0.2, -0.15) is 0 Å². The summed E-state index contributed by atoms with van der Waals surface area (Å²) in [5, 5.41) is 9.87. The lowest BCUT2D eigenvalue weighted by molar-refractivity contribution is 0.220. The molecule has 1 unspecified atom stereocenters. The Morgan fingerprint density at radius 1 is 1.44 bits per heavy atom. The average Bonchev–Trinajstić information content (AvgIpc) is 2.29. The standard InChI is InChI=1S/C14H21NO/c1-3-10-15(2)13-8-4-7-12-11(13)6-5-9-14(12)16/h5-6,9,13,16H,3-4,7-8,10H2,1-2H3. The second-order valence-electron chi connectivity index (χ2n) is 4.73.